The molecule has 1 saturated carbocycles. The van der Waals surface area contributed by atoms with Gasteiger partial charge in [0, 0.05) is 15.7 Å². The summed E-state index contributed by atoms with van der Waals surface area (Å²) < 4.78 is 6.34. The third-order valence-corrected chi connectivity index (χ3v) is 6.88. The molecule has 5 nitrogen and oxygen atoms in total. The van der Waals surface area contributed by atoms with Gasteiger partial charge in [0.25, 0.3) is 0 Å². The van der Waals surface area contributed by atoms with E-state index in [4.69, 9.17) is 9.84 Å². The molecular formula is C25H30O5S. The van der Waals surface area contributed by atoms with E-state index in [0.29, 0.717) is 23.0 Å². The van der Waals surface area contributed by atoms with Gasteiger partial charge in [-0.15, -0.1) is 11.8 Å². The first-order chi connectivity index (χ1) is 14.9. The topological polar surface area (TPSA) is 83.8 Å². The zero-order valence-corrected chi connectivity index (χ0v) is 18.9. The number of carboxylic acid groups (broad SMARTS) is 1. The Balaban J connectivity index is 1.66. The second-order valence-corrected chi connectivity index (χ2v) is 9.48. The number of aromatic hydroxyl groups is 1. The molecule has 1 fully saturated rings. The smallest absolute Gasteiger partial charge is 0.307 e. The molecule has 6 heteroatoms. The first-order valence-corrected chi connectivity index (χ1v) is 11.7. The maximum absolute atomic E-state index is 11.8. The third kappa shape index (κ3) is 6.26. The largest absolute Gasteiger partial charge is 0.507 e. The number of benzene rings is 2. The van der Waals surface area contributed by atoms with Gasteiger partial charge in [-0.1, -0.05) is 25.5 Å². The van der Waals surface area contributed by atoms with Crippen molar-refractivity contribution in [1.29, 1.82) is 0 Å². The van der Waals surface area contributed by atoms with Crippen LogP contribution < -0.4 is 4.74 Å². The van der Waals surface area contributed by atoms with Gasteiger partial charge in [0.15, 0.2) is 5.78 Å². The van der Waals surface area contributed by atoms with E-state index in [1.54, 1.807) is 6.07 Å². The Labute approximate surface area is 187 Å². The molecule has 166 valence electrons. The molecule has 1 aliphatic rings. The molecule has 0 amide bonds. The van der Waals surface area contributed by atoms with Crippen molar-refractivity contribution in [3.63, 3.8) is 0 Å². The van der Waals surface area contributed by atoms with Crippen LogP contribution in [0.2, 0.25) is 0 Å². The lowest BCUT2D eigenvalue weighted by molar-refractivity contribution is -0.136. The van der Waals surface area contributed by atoms with E-state index in [1.807, 2.05) is 49.0 Å². The predicted molar refractivity (Wildman–Crippen MR) is 122 cm³/mol. The highest BCUT2D eigenvalue weighted by Crippen LogP contribution is 2.38. The van der Waals surface area contributed by atoms with Gasteiger partial charge >= 0.3 is 5.97 Å². The zero-order chi connectivity index (χ0) is 22.4. The maximum Gasteiger partial charge on any atom is 0.307 e. The SMILES string of the molecule is CCCc1c(O[C@@H]2CCC[C@@H](Sc3ccc(CC(=O)O)cc3)C2)ccc(C(C)=O)c1O. The minimum atomic E-state index is -0.822. The first-order valence-electron chi connectivity index (χ1n) is 10.9. The van der Waals surface area contributed by atoms with Crippen LogP contribution >= 0.6 is 11.8 Å². The predicted octanol–water partition coefficient (Wildman–Crippen LogP) is 5.66. The molecule has 31 heavy (non-hydrogen) atoms. The number of carbonyl (C=O) groups excluding carboxylic acids is 1. The fraction of sp³-hybridized carbons (Fsp3) is 0.440. The van der Waals surface area contributed by atoms with Crippen molar-refractivity contribution in [3.05, 3.63) is 53.1 Å². The number of hydrogen-bond acceptors (Lipinski definition) is 5. The number of phenolic OH excluding ortho intramolecular Hbond substituents is 1. The van der Waals surface area contributed by atoms with Crippen molar-refractivity contribution in [2.75, 3.05) is 0 Å². The molecule has 0 unspecified atom stereocenters. The van der Waals surface area contributed by atoms with Gasteiger partial charge in [-0.05, 0) is 68.9 Å². The fourth-order valence-electron chi connectivity index (χ4n) is 4.05. The Hall–Kier alpha value is -2.47. The van der Waals surface area contributed by atoms with Gasteiger partial charge in [-0.2, -0.15) is 0 Å². The van der Waals surface area contributed by atoms with Gasteiger partial charge in [-0.25, -0.2) is 0 Å². The van der Waals surface area contributed by atoms with Crippen LogP contribution in [0.3, 0.4) is 0 Å². The second-order valence-electron chi connectivity index (χ2n) is 8.11. The standard InChI is InChI=1S/C25H30O5S/c1-3-5-22-23(13-12-21(16(2)26)25(22)29)30-18-6-4-7-20(15-18)31-19-10-8-17(9-11-19)14-24(27)28/h8-13,18,20,29H,3-7,14-15H2,1-2H3,(H,27,28)/t18-,20-/m1/s1. The molecule has 2 N–H and O–H groups in total. The molecule has 3 rings (SSSR count). The van der Waals surface area contributed by atoms with Crippen LogP contribution in [0, 0.1) is 0 Å². The van der Waals surface area contributed by atoms with Gasteiger partial charge in [0.2, 0.25) is 0 Å². The summed E-state index contributed by atoms with van der Waals surface area (Å²) in [6.45, 7) is 3.50. The van der Waals surface area contributed by atoms with Gasteiger partial charge in [0.05, 0.1) is 18.1 Å². The maximum atomic E-state index is 11.8. The van der Waals surface area contributed by atoms with Crippen LogP contribution in [0.1, 0.15) is 67.4 Å². The number of carboxylic acids is 1. The minimum absolute atomic E-state index is 0.0413. The van der Waals surface area contributed by atoms with Gasteiger partial charge in [-0.3, -0.25) is 9.59 Å². The number of phenols is 1. The molecule has 2 aromatic carbocycles. The van der Waals surface area contributed by atoms with E-state index in [1.165, 1.54) is 6.92 Å². The highest BCUT2D eigenvalue weighted by Gasteiger charge is 2.26. The molecule has 0 spiro atoms. The number of thioether (sulfide) groups is 1. The van der Waals surface area contributed by atoms with Crippen LogP contribution in [0.25, 0.3) is 0 Å². The van der Waals surface area contributed by atoms with E-state index in [2.05, 4.69) is 0 Å². The normalized spacial score (nSPS) is 18.5. The van der Waals surface area contributed by atoms with Crippen molar-refractivity contribution in [3.8, 4) is 11.5 Å². The highest BCUT2D eigenvalue weighted by molar-refractivity contribution is 8.00. The zero-order valence-electron chi connectivity index (χ0n) is 18.1. The summed E-state index contributed by atoms with van der Waals surface area (Å²) in [5.74, 6) is -0.240. The van der Waals surface area contributed by atoms with Crippen molar-refractivity contribution >= 4 is 23.5 Å². The Morgan fingerprint density at radius 1 is 1.13 bits per heavy atom. The van der Waals surface area contributed by atoms with Crippen molar-refractivity contribution in [2.24, 2.45) is 0 Å². The van der Waals surface area contributed by atoms with E-state index < -0.39 is 5.97 Å². The monoisotopic (exact) mass is 442 g/mol. The Morgan fingerprint density at radius 3 is 2.52 bits per heavy atom. The average molecular weight is 443 g/mol. The molecule has 2 atom stereocenters. The number of hydrogen-bond donors (Lipinski definition) is 2. The molecule has 0 bridgehead atoms. The summed E-state index contributed by atoms with van der Waals surface area (Å²) in [5.41, 5.74) is 1.87. The number of rotatable bonds is 9. The second kappa shape index (κ2) is 10.7. The van der Waals surface area contributed by atoms with Crippen LogP contribution in [0.15, 0.2) is 41.3 Å². The van der Waals surface area contributed by atoms with Crippen molar-refractivity contribution < 1.29 is 24.5 Å². The molecule has 1 aliphatic carbocycles. The summed E-state index contributed by atoms with van der Waals surface area (Å²) in [7, 11) is 0. The number of carbonyl (C=O) groups is 2. The minimum Gasteiger partial charge on any atom is -0.507 e. The number of ketones is 1. The lowest BCUT2D eigenvalue weighted by atomic mass is 9.96. The average Bonchev–Trinajstić information content (AvgIpc) is 2.72. The number of ether oxygens (including phenoxy) is 1. The lowest BCUT2D eigenvalue weighted by Crippen LogP contribution is -2.27. The Kier molecular flexibility index (Phi) is 8.02. The van der Waals surface area contributed by atoms with E-state index >= 15 is 0 Å². The van der Waals surface area contributed by atoms with E-state index in [-0.39, 0.29) is 24.1 Å². The summed E-state index contributed by atoms with van der Waals surface area (Å²) in [6, 6.07) is 11.2. The van der Waals surface area contributed by atoms with E-state index in [0.717, 1.165) is 48.1 Å². The summed E-state index contributed by atoms with van der Waals surface area (Å²) >= 11 is 1.81. The van der Waals surface area contributed by atoms with Crippen molar-refractivity contribution in [1.82, 2.24) is 0 Å². The summed E-state index contributed by atoms with van der Waals surface area (Å²) in [4.78, 5) is 23.8. The van der Waals surface area contributed by atoms with Gasteiger partial charge < -0.3 is 14.9 Å². The molecule has 0 radical (unpaired) electrons. The third-order valence-electron chi connectivity index (χ3n) is 5.57. The first kappa shape index (κ1) is 23.2. The number of aliphatic carboxylic acids is 1. The number of Topliss-reactive ketones (excluding diaryl/α,β-unsaturated/α-hetero) is 1. The van der Waals surface area contributed by atoms with Crippen molar-refractivity contribution in [2.45, 2.75) is 75.0 Å². The Morgan fingerprint density at radius 2 is 1.87 bits per heavy atom. The molecule has 0 aliphatic heterocycles. The van der Waals surface area contributed by atoms with E-state index in [9.17, 15) is 14.7 Å². The lowest BCUT2D eigenvalue weighted by Gasteiger charge is -2.30. The molecule has 0 saturated heterocycles. The van der Waals surface area contributed by atoms with Crippen LogP contribution in [-0.2, 0) is 17.6 Å². The van der Waals surface area contributed by atoms with Crippen LogP contribution in [-0.4, -0.2) is 33.3 Å². The molecule has 2 aromatic rings. The quantitative estimate of drug-likeness (QED) is 0.488. The molecule has 0 heterocycles. The van der Waals surface area contributed by atoms with Gasteiger partial charge in [0.1, 0.15) is 11.5 Å². The summed E-state index contributed by atoms with van der Waals surface area (Å²) in [6.07, 6.45) is 5.67. The molecule has 0 aromatic heterocycles. The summed E-state index contributed by atoms with van der Waals surface area (Å²) in [5, 5.41) is 19.9. The fourth-order valence-corrected chi connectivity index (χ4v) is 5.33. The van der Waals surface area contributed by atoms with Crippen LogP contribution in [0.4, 0.5) is 0 Å². The molecular weight excluding hydrogens is 412 g/mol. The van der Waals surface area contributed by atoms with Crippen LogP contribution in [0.5, 0.6) is 11.5 Å². The Bertz CT molecular complexity index is 922. The highest BCUT2D eigenvalue weighted by atomic mass is 32.2.